The van der Waals surface area contributed by atoms with Gasteiger partial charge in [-0.2, -0.15) is 0 Å². The number of halogens is 2. The van der Waals surface area contributed by atoms with E-state index in [4.69, 9.17) is 16.0 Å². The van der Waals surface area contributed by atoms with Crippen LogP contribution in [0.2, 0.25) is 5.02 Å². The maximum absolute atomic E-state index is 11.2. The van der Waals surface area contributed by atoms with Crippen molar-refractivity contribution in [2.75, 3.05) is 18.4 Å². The molecule has 1 fully saturated rings. The Morgan fingerprint density at radius 2 is 2.08 bits per heavy atom. The van der Waals surface area contributed by atoms with Crippen molar-refractivity contribution in [2.24, 2.45) is 5.92 Å². The first-order valence-electron chi connectivity index (χ1n) is 7.88. The van der Waals surface area contributed by atoms with Crippen molar-refractivity contribution in [3.05, 3.63) is 33.3 Å². The first-order chi connectivity index (χ1) is 11.0. The van der Waals surface area contributed by atoms with Crippen LogP contribution in [0.15, 0.2) is 21.3 Å². The van der Waals surface area contributed by atoms with E-state index in [-0.39, 0.29) is 18.3 Å². The van der Waals surface area contributed by atoms with Crippen LogP contribution in [0.25, 0.3) is 11.5 Å². The molecule has 1 saturated heterocycles. The Balaban J connectivity index is 0.00000208. The summed E-state index contributed by atoms with van der Waals surface area (Å²) in [6, 6.07) is 4.08. The van der Waals surface area contributed by atoms with Crippen LogP contribution in [0.3, 0.4) is 0 Å². The zero-order valence-corrected chi connectivity index (χ0v) is 15.3. The molecule has 1 aliphatic heterocycles. The van der Waals surface area contributed by atoms with Gasteiger partial charge in [0.25, 0.3) is 0 Å². The van der Waals surface area contributed by atoms with Gasteiger partial charge in [-0.05, 0) is 63.4 Å². The summed E-state index contributed by atoms with van der Waals surface area (Å²) >= 11 is 6.38. The lowest BCUT2D eigenvalue weighted by Crippen LogP contribution is -2.36. The Morgan fingerprint density at radius 1 is 1.38 bits per heavy atom. The topological polar surface area (TPSA) is 83.0 Å². The summed E-state index contributed by atoms with van der Waals surface area (Å²) in [5, 5.41) is 13.7. The molecule has 1 aromatic carbocycles. The number of aromatic amines is 1. The van der Waals surface area contributed by atoms with Gasteiger partial charge in [-0.25, -0.2) is 9.89 Å². The number of hydrogen-bond acceptors (Lipinski definition) is 5. The molecule has 0 aliphatic carbocycles. The SMILES string of the molecule is Cc1cc(Cl)c(NC(C)C2CCNCC2)cc1-c1n[nH]c(=O)o1.Cl. The van der Waals surface area contributed by atoms with Gasteiger partial charge in [-0.15, -0.1) is 17.5 Å². The number of piperidine rings is 1. The fraction of sp³-hybridized carbons (Fsp3) is 0.500. The first kappa shape index (κ1) is 18.8. The number of benzene rings is 1. The summed E-state index contributed by atoms with van der Waals surface area (Å²) in [5.74, 6) is 0.328. The minimum absolute atomic E-state index is 0. The second-order valence-corrected chi connectivity index (χ2v) is 6.49. The van der Waals surface area contributed by atoms with Crippen molar-refractivity contribution in [1.29, 1.82) is 0 Å². The molecule has 3 rings (SSSR count). The molecule has 0 radical (unpaired) electrons. The number of anilines is 1. The maximum Gasteiger partial charge on any atom is 0.434 e. The summed E-state index contributed by atoms with van der Waals surface area (Å²) in [7, 11) is 0. The average Bonchev–Trinajstić information content (AvgIpc) is 2.97. The molecule has 3 N–H and O–H groups in total. The zero-order valence-electron chi connectivity index (χ0n) is 13.7. The molecule has 1 aliphatic rings. The van der Waals surface area contributed by atoms with Gasteiger partial charge in [0.1, 0.15) is 0 Å². The molecule has 8 heteroatoms. The highest BCUT2D eigenvalue weighted by molar-refractivity contribution is 6.33. The molecular formula is C16H22Cl2N4O2. The smallest absolute Gasteiger partial charge is 0.388 e. The second-order valence-electron chi connectivity index (χ2n) is 6.09. The number of nitrogens with one attached hydrogen (secondary N) is 3. The van der Waals surface area contributed by atoms with E-state index < -0.39 is 5.76 Å². The molecule has 132 valence electrons. The Kier molecular flexibility index (Phi) is 6.32. The van der Waals surface area contributed by atoms with Gasteiger partial charge >= 0.3 is 5.76 Å². The Labute approximate surface area is 151 Å². The highest BCUT2D eigenvalue weighted by Crippen LogP contribution is 2.32. The number of H-pyrrole nitrogens is 1. The summed E-state index contributed by atoms with van der Waals surface area (Å²) < 4.78 is 5.07. The van der Waals surface area contributed by atoms with Gasteiger partial charge in [0.05, 0.1) is 10.7 Å². The molecule has 0 spiro atoms. The molecule has 0 saturated carbocycles. The van der Waals surface area contributed by atoms with Gasteiger partial charge in [-0.1, -0.05) is 11.6 Å². The predicted molar refractivity (Wildman–Crippen MR) is 98.2 cm³/mol. The van der Waals surface area contributed by atoms with Crippen LogP contribution >= 0.6 is 24.0 Å². The first-order valence-corrected chi connectivity index (χ1v) is 8.25. The van der Waals surface area contributed by atoms with Crippen molar-refractivity contribution in [1.82, 2.24) is 15.5 Å². The molecule has 6 nitrogen and oxygen atoms in total. The minimum Gasteiger partial charge on any atom is -0.388 e. The Hall–Kier alpha value is -1.50. The standard InChI is InChI=1S/C16H21ClN4O2.ClH/c1-9-7-13(17)14(8-12(9)15-20-21-16(22)23-15)19-10(2)11-3-5-18-6-4-11;/h7-8,10-11,18-19H,3-6H2,1-2H3,(H,21,22);1H. The van der Waals surface area contributed by atoms with Gasteiger partial charge in [0.2, 0.25) is 5.89 Å². The summed E-state index contributed by atoms with van der Waals surface area (Å²) in [6.45, 7) is 6.21. The van der Waals surface area contributed by atoms with Crippen LogP contribution in [0.5, 0.6) is 0 Å². The van der Waals surface area contributed by atoms with E-state index in [2.05, 4.69) is 27.8 Å². The molecule has 1 atom stereocenters. The highest BCUT2D eigenvalue weighted by Gasteiger charge is 2.21. The third-order valence-corrected chi connectivity index (χ3v) is 4.77. The minimum atomic E-state index is -0.563. The quantitative estimate of drug-likeness (QED) is 0.767. The number of hydrogen-bond donors (Lipinski definition) is 3. The maximum atomic E-state index is 11.2. The lowest BCUT2D eigenvalue weighted by Gasteiger charge is -2.30. The van der Waals surface area contributed by atoms with E-state index in [1.807, 2.05) is 19.1 Å². The second kappa shape index (κ2) is 8.05. The van der Waals surface area contributed by atoms with Crippen LogP contribution in [0.4, 0.5) is 5.69 Å². The van der Waals surface area contributed by atoms with Crippen molar-refractivity contribution in [2.45, 2.75) is 32.7 Å². The van der Waals surface area contributed by atoms with E-state index in [0.29, 0.717) is 17.0 Å². The average molecular weight is 373 g/mol. The molecule has 24 heavy (non-hydrogen) atoms. The van der Waals surface area contributed by atoms with Gasteiger partial charge in [0.15, 0.2) is 0 Å². The normalized spacial score (nSPS) is 16.5. The lowest BCUT2D eigenvalue weighted by molar-refractivity contribution is 0.343. The van der Waals surface area contributed by atoms with Crippen molar-refractivity contribution in [3.63, 3.8) is 0 Å². The van der Waals surface area contributed by atoms with Crippen molar-refractivity contribution < 1.29 is 4.42 Å². The molecule has 0 amide bonds. The number of nitrogens with zero attached hydrogens (tertiary/aromatic N) is 1. The van der Waals surface area contributed by atoms with Gasteiger partial charge < -0.3 is 15.1 Å². The number of rotatable bonds is 4. The van der Waals surface area contributed by atoms with Crippen LogP contribution in [0.1, 0.15) is 25.3 Å². The van der Waals surface area contributed by atoms with E-state index in [0.717, 1.165) is 42.7 Å². The molecule has 1 aromatic heterocycles. The van der Waals surface area contributed by atoms with Crippen LogP contribution in [-0.2, 0) is 0 Å². The van der Waals surface area contributed by atoms with E-state index in [1.165, 1.54) is 0 Å². The summed E-state index contributed by atoms with van der Waals surface area (Å²) in [4.78, 5) is 11.2. The summed E-state index contributed by atoms with van der Waals surface area (Å²) in [6.07, 6.45) is 2.30. The van der Waals surface area contributed by atoms with Gasteiger partial charge in [-0.3, -0.25) is 0 Å². The summed E-state index contributed by atoms with van der Waals surface area (Å²) in [5.41, 5.74) is 2.50. The third-order valence-electron chi connectivity index (χ3n) is 4.46. The molecule has 1 unspecified atom stereocenters. The van der Waals surface area contributed by atoms with Crippen LogP contribution in [-0.4, -0.2) is 29.3 Å². The van der Waals surface area contributed by atoms with Crippen molar-refractivity contribution in [3.8, 4) is 11.5 Å². The fourth-order valence-electron chi connectivity index (χ4n) is 3.07. The Bertz CT molecular complexity index is 738. The molecule has 2 aromatic rings. The van der Waals surface area contributed by atoms with E-state index in [9.17, 15) is 4.79 Å². The van der Waals surface area contributed by atoms with E-state index in [1.54, 1.807) is 0 Å². The number of aryl methyl sites for hydroxylation is 1. The molecular weight excluding hydrogens is 351 g/mol. The molecule has 0 bridgehead atoms. The van der Waals surface area contributed by atoms with Crippen molar-refractivity contribution >= 4 is 29.7 Å². The third kappa shape index (κ3) is 4.12. The number of aromatic nitrogens is 2. The fourth-order valence-corrected chi connectivity index (χ4v) is 3.34. The highest BCUT2D eigenvalue weighted by atomic mass is 35.5. The monoisotopic (exact) mass is 372 g/mol. The zero-order chi connectivity index (χ0) is 16.4. The molecule has 2 heterocycles. The van der Waals surface area contributed by atoms with Crippen LogP contribution in [0, 0.1) is 12.8 Å². The Morgan fingerprint density at radius 3 is 2.71 bits per heavy atom. The van der Waals surface area contributed by atoms with Gasteiger partial charge in [0, 0.05) is 11.6 Å². The predicted octanol–water partition coefficient (Wildman–Crippen LogP) is 3.21. The van der Waals surface area contributed by atoms with Crippen LogP contribution < -0.4 is 16.4 Å². The largest absolute Gasteiger partial charge is 0.434 e. The lowest BCUT2D eigenvalue weighted by atomic mass is 9.91. The van der Waals surface area contributed by atoms with E-state index >= 15 is 0 Å².